The van der Waals surface area contributed by atoms with Crippen LogP contribution in [0, 0.1) is 6.92 Å². The van der Waals surface area contributed by atoms with Crippen molar-refractivity contribution in [1.29, 1.82) is 0 Å². The fourth-order valence-corrected chi connectivity index (χ4v) is 2.33. The number of hydrogen-bond acceptors (Lipinski definition) is 4. The molecule has 1 aliphatic rings. The van der Waals surface area contributed by atoms with Crippen LogP contribution in [0.4, 0.5) is 0 Å². The Morgan fingerprint density at radius 1 is 1.30 bits per heavy atom. The van der Waals surface area contributed by atoms with Crippen molar-refractivity contribution in [2.75, 3.05) is 26.2 Å². The van der Waals surface area contributed by atoms with Crippen LogP contribution in [-0.4, -0.2) is 64.0 Å². The van der Waals surface area contributed by atoms with Crippen molar-refractivity contribution in [3.8, 4) is 0 Å². The summed E-state index contributed by atoms with van der Waals surface area (Å²) in [6.45, 7) is 5.75. The number of carbonyl (C=O) groups excluding carboxylic acids is 1. The molecule has 1 fully saturated rings. The minimum absolute atomic E-state index is 0.0780. The number of hydrogen-bond donors (Lipinski definition) is 1. The van der Waals surface area contributed by atoms with E-state index in [1.165, 1.54) is 0 Å². The second-order valence-corrected chi connectivity index (χ2v) is 5.01. The van der Waals surface area contributed by atoms with E-state index in [-0.39, 0.29) is 5.91 Å². The zero-order chi connectivity index (χ0) is 14.7. The summed E-state index contributed by atoms with van der Waals surface area (Å²) in [7, 11) is 0. The van der Waals surface area contributed by atoms with Gasteiger partial charge in [-0.25, -0.2) is 0 Å². The minimum atomic E-state index is -0.828. The number of piperazine rings is 1. The largest absolute Gasteiger partial charge is 0.480 e. The number of nitrogens with zero attached hydrogens (tertiary/aromatic N) is 3. The Kier molecular flexibility index (Phi) is 4.34. The number of rotatable bonds is 3. The highest BCUT2D eigenvalue weighted by Gasteiger charge is 2.28. The maximum atomic E-state index is 12.4. The number of pyridine rings is 1. The third kappa shape index (κ3) is 2.96. The molecule has 1 unspecified atom stereocenters. The van der Waals surface area contributed by atoms with Gasteiger partial charge in [0.15, 0.2) is 0 Å². The summed E-state index contributed by atoms with van der Waals surface area (Å²) < 4.78 is 0. The molecule has 1 atom stereocenters. The first kappa shape index (κ1) is 14.5. The maximum absolute atomic E-state index is 12.4. The summed E-state index contributed by atoms with van der Waals surface area (Å²) in [5.74, 6) is -0.906. The van der Waals surface area contributed by atoms with E-state index in [0.717, 1.165) is 5.56 Å². The van der Waals surface area contributed by atoms with E-state index in [9.17, 15) is 9.59 Å². The van der Waals surface area contributed by atoms with Crippen molar-refractivity contribution in [2.45, 2.75) is 19.9 Å². The molecular weight excluding hydrogens is 258 g/mol. The molecule has 1 amide bonds. The summed E-state index contributed by atoms with van der Waals surface area (Å²) in [4.78, 5) is 31.1. The number of aliphatic carboxylic acids is 1. The smallest absolute Gasteiger partial charge is 0.320 e. The molecule has 0 bridgehead atoms. The summed E-state index contributed by atoms with van der Waals surface area (Å²) in [5, 5.41) is 8.99. The Labute approximate surface area is 118 Å². The number of aryl methyl sites for hydroxylation is 1. The van der Waals surface area contributed by atoms with Crippen LogP contribution >= 0.6 is 0 Å². The van der Waals surface area contributed by atoms with Gasteiger partial charge in [-0.2, -0.15) is 0 Å². The molecule has 2 heterocycles. The number of carbonyl (C=O) groups is 2. The summed E-state index contributed by atoms with van der Waals surface area (Å²) in [6, 6.07) is 3.16. The van der Waals surface area contributed by atoms with Crippen LogP contribution in [0.5, 0.6) is 0 Å². The molecule has 1 saturated heterocycles. The minimum Gasteiger partial charge on any atom is -0.480 e. The molecule has 6 nitrogen and oxygen atoms in total. The third-order valence-corrected chi connectivity index (χ3v) is 3.72. The molecule has 0 aliphatic carbocycles. The lowest BCUT2D eigenvalue weighted by atomic mass is 10.1. The highest BCUT2D eigenvalue weighted by atomic mass is 16.4. The Balaban J connectivity index is 1.99. The molecule has 0 aromatic carbocycles. The van der Waals surface area contributed by atoms with Crippen molar-refractivity contribution >= 4 is 11.9 Å². The van der Waals surface area contributed by atoms with Gasteiger partial charge < -0.3 is 10.0 Å². The van der Waals surface area contributed by atoms with Gasteiger partial charge in [-0.1, -0.05) is 6.07 Å². The Bertz CT molecular complexity index is 510. The lowest BCUT2D eigenvalue weighted by Gasteiger charge is -2.36. The molecule has 0 spiro atoms. The molecule has 1 aromatic rings. The van der Waals surface area contributed by atoms with Crippen molar-refractivity contribution in [2.24, 2.45) is 0 Å². The van der Waals surface area contributed by atoms with E-state index < -0.39 is 12.0 Å². The van der Waals surface area contributed by atoms with Gasteiger partial charge in [-0.15, -0.1) is 0 Å². The quantitative estimate of drug-likeness (QED) is 0.876. The highest BCUT2D eigenvalue weighted by molar-refractivity contribution is 5.93. The fourth-order valence-electron chi connectivity index (χ4n) is 2.33. The molecular formula is C14H19N3O3. The molecule has 6 heteroatoms. The molecule has 20 heavy (non-hydrogen) atoms. The van der Waals surface area contributed by atoms with Gasteiger partial charge in [0.2, 0.25) is 0 Å². The van der Waals surface area contributed by atoms with Crippen molar-refractivity contribution < 1.29 is 14.7 Å². The number of amides is 1. The fraction of sp³-hybridized carbons (Fsp3) is 0.500. The van der Waals surface area contributed by atoms with Crippen LogP contribution < -0.4 is 0 Å². The SMILES string of the molecule is Cc1cccnc1C(=O)N1CCN(C(C)C(=O)O)CC1. The molecule has 1 N–H and O–H groups in total. The van der Waals surface area contributed by atoms with Crippen LogP contribution in [0.25, 0.3) is 0 Å². The molecule has 0 radical (unpaired) electrons. The van der Waals surface area contributed by atoms with Gasteiger partial charge in [0.05, 0.1) is 0 Å². The monoisotopic (exact) mass is 277 g/mol. The summed E-state index contributed by atoms with van der Waals surface area (Å²) in [5.41, 5.74) is 1.34. The first-order chi connectivity index (χ1) is 9.50. The van der Waals surface area contributed by atoms with Crippen LogP contribution in [-0.2, 0) is 4.79 Å². The Hall–Kier alpha value is -1.95. The van der Waals surface area contributed by atoms with E-state index in [0.29, 0.717) is 31.9 Å². The van der Waals surface area contributed by atoms with E-state index in [4.69, 9.17) is 5.11 Å². The topological polar surface area (TPSA) is 73.7 Å². The van der Waals surface area contributed by atoms with Crippen LogP contribution in [0.2, 0.25) is 0 Å². The lowest BCUT2D eigenvalue weighted by Crippen LogP contribution is -2.53. The van der Waals surface area contributed by atoms with Crippen LogP contribution in [0.15, 0.2) is 18.3 Å². The van der Waals surface area contributed by atoms with Crippen LogP contribution in [0.1, 0.15) is 23.0 Å². The second-order valence-electron chi connectivity index (χ2n) is 5.01. The molecule has 2 rings (SSSR count). The lowest BCUT2D eigenvalue weighted by molar-refractivity contribution is -0.143. The second kappa shape index (κ2) is 6.00. The van der Waals surface area contributed by atoms with Crippen molar-refractivity contribution in [3.63, 3.8) is 0 Å². The van der Waals surface area contributed by atoms with E-state index in [2.05, 4.69) is 4.98 Å². The normalized spacial score (nSPS) is 17.8. The molecule has 108 valence electrons. The average Bonchev–Trinajstić information content (AvgIpc) is 2.46. The van der Waals surface area contributed by atoms with Gasteiger partial charge in [-0.05, 0) is 25.5 Å². The molecule has 1 aromatic heterocycles. The van der Waals surface area contributed by atoms with Crippen molar-refractivity contribution in [1.82, 2.24) is 14.8 Å². The van der Waals surface area contributed by atoms with Gasteiger partial charge in [-0.3, -0.25) is 19.5 Å². The highest BCUT2D eigenvalue weighted by Crippen LogP contribution is 2.12. The van der Waals surface area contributed by atoms with E-state index >= 15 is 0 Å². The maximum Gasteiger partial charge on any atom is 0.320 e. The number of carboxylic acids is 1. The van der Waals surface area contributed by atoms with E-state index in [1.807, 2.05) is 17.9 Å². The number of carboxylic acid groups (broad SMARTS) is 1. The number of aromatic nitrogens is 1. The predicted molar refractivity (Wildman–Crippen MR) is 73.5 cm³/mol. The Morgan fingerprint density at radius 3 is 2.50 bits per heavy atom. The first-order valence-corrected chi connectivity index (χ1v) is 6.68. The van der Waals surface area contributed by atoms with Gasteiger partial charge in [0, 0.05) is 32.4 Å². The van der Waals surface area contributed by atoms with Gasteiger partial charge >= 0.3 is 5.97 Å². The standard InChI is InChI=1S/C14H19N3O3/c1-10-4-3-5-15-12(10)13(18)17-8-6-16(7-9-17)11(2)14(19)20/h3-5,11H,6-9H2,1-2H3,(H,19,20). The van der Waals surface area contributed by atoms with Crippen molar-refractivity contribution in [3.05, 3.63) is 29.6 Å². The van der Waals surface area contributed by atoms with Gasteiger partial charge in [0.25, 0.3) is 5.91 Å². The summed E-state index contributed by atoms with van der Waals surface area (Å²) >= 11 is 0. The Morgan fingerprint density at radius 2 is 1.95 bits per heavy atom. The third-order valence-electron chi connectivity index (χ3n) is 3.72. The molecule has 1 aliphatic heterocycles. The zero-order valence-corrected chi connectivity index (χ0v) is 11.7. The molecule has 0 saturated carbocycles. The average molecular weight is 277 g/mol. The first-order valence-electron chi connectivity index (χ1n) is 6.68. The van der Waals surface area contributed by atoms with Gasteiger partial charge in [0.1, 0.15) is 11.7 Å². The summed E-state index contributed by atoms with van der Waals surface area (Å²) in [6.07, 6.45) is 1.61. The zero-order valence-electron chi connectivity index (χ0n) is 11.7. The van der Waals surface area contributed by atoms with Crippen LogP contribution in [0.3, 0.4) is 0 Å². The predicted octanol–water partition coefficient (Wildman–Crippen LogP) is 0.621. The van der Waals surface area contributed by atoms with E-state index in [1.54, 1.807) is 24.1 Å².